The van der Waals surface area contributed by atoms with Gasteiger partial charge in [-0.25, -0.2) is 4.99 Å². The molecule has 2 aliphatic heterocycles. The molecule has 4 rings (SSSR count). The molecule has 0 fully saturated rings. The molecule has 0 amide bonds. The zero-order valence-corrected chi connectivity index (χ0v) is 18.2. The third-order valence-corrected chi connectivity index (χ3v) is 5.22. The Hall–Kier alpha value is -2.96. The van der Waals surface area contributed by atoms with Gasteiger partial charge in [-0.2, -0.15) is 0 Å². The van der Waals surface area contributed by atoms with Crippen LogP contribution in [0.2, 0.25) is 0 Å². The monoisotopic (exact) mass is 426 g/mol. The number of hydrogen-bond donors (Lipinski definition) is 2. The van der Waals surface area contributed by atoms with Crippen LogP contribution in [-0.2, 0) is 0 Å². The van der Waals surface area contributed by atoms with Crippen molar-refractivity contribution in [3.63, 3.8) is 0 Å². The fourth-order valence-electron chi connectivity index (χ4n) is 3.90. The lowest BCUT2D eigenvalue weighted by molar-refractivity contribution is 0.368. The molecule has 0 radical (unpaired) electrons. The first kappa shape index (κ1) is 21.7. The van der Waals surface area contributed by atoms with E-state index < -0.39 is 0 Å². The summed E-state index contributed by atoms with van der Waals surface area (Å²) in [5.74, 6) is 2.08. The van der Waals surface area contributed by atoms with Crippen LogP contribution in [0.3, 0.4) is 0 Å². The second-order valence-corrected chi connectivity index (χ2v) is 7.34. The fourth-order valence-corrected chi connectivity index (χ4v) is 3.90. The van der Waals surface area contributed by atoms with Crippen LogP contribution in [0.5, 0.6) is 11.5 Å². The maximum absolute atomic E-state index is 6.19. The Kier molecular flexibility index (Phi) is 6.70. The number of methoxy groups -OCH3 is 2. The van der Waals surface area contributed by atoms with Crippen molar-refractivity contribution in [2.75, 3.05) is 34.4 Å². The van der Waals surface area contributed by atoms with Gasteiger partial charge in [-0.1, -0.05) is 24.3 Å². The van der Waals surface area contributed by atoms with Gasteiger partial charge in [-0.05, 0) is 59.7 Å². The van der Waals surface area contributed by atoms with Crippen LogP contribution < -0.4 is 20.5 Å². The van der Waals surface area contributed by atoms with Crippen LogP contribution in [0.1, 0.15) is 17.2 Å². The minimum absolute atomic E-state index is 0. The molecule has 0 bridgehead atoms. The van der Waals surface area contributed by atoms with Crippen molar-refractivity contribution < 1.29 is 9.47 Å². The number of aliphatic imine (C=N–C) groups is 1. The minimum atomic E-state index is -0.141. The molecule has 1 atom stereocenters. The molecule has 6 nitrogen and oxygen atoms in total. The van der Waals surface area contributed by atoms with Gasteiger partial charge in [0.25, 0.3) is 0 Å². The largest absolute Gasteiger partial charge is 0.497 e. The van der Waals surface area contributed by atoms with Gasteiger partial charge in [-0.15, -0.1) is 12.4 Å². The summed E-state index contributed by atoms with van der Waals surface area (Å²) < 4.78 is 10.8. The zero-order valence-electron chi connectivity index (χ0n) is 17.4. The van der Waals surface area contributed by atoms with Crippen LogP contribution in [0.4, 0.5) is 0 Å². The first-order chi connectivity index (χ1) is 14.1. The van der Waals surface area contributed by atoms with Crippen molar-refractivity contribution in [1.82, 2.24) is 10.2 Å². The van der Waals surface area contributed by atoms with E-state index in [2.05, 4.69) is 35.5 Å². The summed E-state index contributed by atoms with van der Waals surface area (Å²) in [7, 11) is 5.47. The number of nitrogens with two attached hydrogens (primary N) is 1. The molecule has 3 N–H and O–H groups in total. The van der Waals surface area contributed by atoms with Crippen LogP contribution in [-0.4, -0.2) is 45.2 Å². The molecule has 0 saturated heterocycles. The molecule has 2 heterocycles. The fraction of sp³-hybridized carbons (Fsp3) is 0.261. The lowest BCUT2D eigenvalue weighted by atomic mass is 9.89. The summed E-state index contributed by atoms with van der Waals surface area (Å²) in [6.07, 6.45) is 2.18. The molecular weight excluding hydrogens is 400 g/mol. The maximum atomic E-state index is 6.19. The van der Waals surface area contributed by atoms with Crippen molar-refractivity contribution in [2.24, 2.45) is 10.7 Å². The standard InChI is InChI=1S/C23H26N4O2.ClH/c1-27-13-17(10-15-6-4-8-18(11-15)28-2)22-20(14-27)21(25-23(24)26-22)16-7-5-9-19(12-16)29-3;/h4-12,21H,13-14H2,1-3H3,(H3,24,25,26);1H/b17-10+;. The SMILES string of the molecule is COc1cccc(/C=C2\CN(C)CC3=C2NC(N)=NC3c2cccc(OC)c2)c1.Cl. The second kappa shape index (κ2) is 9.24. The highest BCUT2D eigenvalue weighted by Gasteiger charge is 2.31. The van der Waals surface area contributed by atoms with E-state index in [1.807, 2.05) is 36.4 Å². The van der Waals surface area contributed by atoms with Crippen LogP contribution >= 0.6 is 12.4 Å². The number of nitrogens with one attached hydrogen (secondary N) is 1. The molecule has 0 spiro atoms. The average molecular weight is 427 g/mol. The Balaban J connectivity index is 0.00000256. The quantitative estimate of drug-likeness (QED) is 0.784. The Morgan fingerprint density at radius 2 is 1.77 bits per heavy atom. The van der Waals surface area contributed by atoms with E-state index in [4.69, 9.17) is 20.2 Å². The van der Waals surface area contributed by atoms with Crippen molar-refractivity contribution >= 4 is 24.4 Å². The number of likely N-dealkylation sites (N-methyl/N-ethyl adjacent to an activating group) is 1. The van der Waals surface area contributed by atoms with Crippen molar-refractivity contribution in [1.29, 1.82) is 0 Å². The molecule has 7 heteroatoms. The highest BCUT2D eigenvalue weighted by molar-refractivity contribution is 5.85. The number of hydrogen-bond acceptors (Lipinski definition) is 6. The van der Waals surface area contributed by atoms with Gasteiger partial charge < -0.3 is 20.5 Å². The number of benzene rings is 2. The van der Waals surface area contributed by atoms with Gasteiger partial charge in [0.1, 0.15) is 17.5 Å². The summed E-state index contributed by atoms with van der Waals surface area (Å²) in [5.41, 5.74) is 11.8. The highest BCUT2D eigenvalue weighted by Crippen LogP contribution is 2.37. The smallest absolute Gasteiger partial charge is 0.194 e. The van der Waals surface area contributed by atoms with E-state index >= 15 is 0 Å². The molecule has 0 aromatic heterocycles. The van der Waals surface area contributed by atoms with E-state index in [1.54, 1.807) is 14.2 Å². The zero-order chi connectivity index (χ0) is 20.4. The molecule has 2 aromatic carbocycles. The normalized spacial score (nSPS) is 20.0. The number of rotatable bonds is 4. The number of halogens is 1. The summed E-state index contributed by atoms with van der Waals surface area (Å²) in [6.45, 7) is 1.64. The van der Waals surface area contributed by atoms with Crippen molar-refractivity contribution in [3.05, 3.63) is 76.5 Å². The Labute approximate surface area is 183 Å². The van der Waals surface area contributed by atoms with Crippen molar-refractivity contribution in [2.45, 2.75) is 6.04 Å². The third-order valence-electron chi connectivity index (χ3n) is 5.22. The Morgan fingerprint density at radius 1 is 1.07 bits per heavy atom. The molecule has 1 unspecified atom stereocenters. The van der Waals surface area contributed by atoms with Gasteiger partial charge in [0, 0.05) is 18.8 Å². The van der Waals surface area contributed by atoms with E-state index in [-0.39, 0.29) is 18.4 Å². The first-order valence-electron chi connectivity index (χ1n) is 9.58. The molecule has 0 aliphatic carbocycles. The van der Waals surface area contributed by atoms with E-state index in [1.165, 1.54) is 11.1 Å². The lowest BCUT2D eigenvalue weighted by Crippen LogP contribution is -2.43. The Morgan fingerprint density at radius 3 is 2.50 bits per heavy atom. The van der Waals surface area contributed by atoms with Gasteiger partial charge in [0.15, 0.2) is 5.96 Å². The number of guanidine groups is 1. The van der Waals surface area contributed by atoms with E-state index in [0.29, 0.717) is 5.96 Å². The summed E-state index contributed by atoms with van der Waals surface area (Å²) >= 11 is 0. The van der Waals surface area contributed by atoms with Gasteiger partial charge in [0.05, 0.1) is 14.2 Å². The predicted octanol–water partition coefficient (Wildman–Crippen LogP) is 3.37. The molecule has 30 heavy (non-hydrogen) atoms. The topological polar surface area (TPSA) is 72.1 Å². The number of nitrogens with zero attached hydrogens (tertiary/aromatic N) is 2. The summed E-state index contributed by atoms with van der Waals surface area (Å²) in [5, 5.41) is 3.32. The maximum Gasteiger partial charge on any atom is 0.194 e. The lowest BCUT2D eigenvalue weighted by Gasteiger charge is -2.36. The van der Waals surface area contributed by atoms with E-state index in [9.17, 15) is 0 Å². The molecule has 158 valence electrons. The highest BCUT2D eigenvalue weighted by atomic mass is 35.5. The molecular formula is C23H27ClN4O2. The van der Waals surface area contributed by atoms with Gasteiger partial charge in [0.2, 0.25) is 0 Å². The first-order valence-corrected chi connectivity index (χ1v) is 9.58. The van der Waals surface area contributed by atoms with Crippen LogP contribution in [0.25, 0.3) is 6.08 Å². The predicted molar refractivity (Wildman–Crippen MR) is 123 cm³/mol. The Bertz CT molecular complexity index is 1020. The second-order valence-electron chi connectivity index (χ2n) is 7.34. The number of ether oxygens (including phenoxy) is 2. The van der Waals surface area contributed by atoms with Gasteiger partial charge in [-0.3, -0.25) is 4.90 Å². The third kappa shape index (κ3) is 4.45. The summed E-state index contributed by atoms with van der Waals surface area (Å²) in [6, 6.07) is 15.9. The van der Waals surface area contributed by atoms with Crippen molar-refractivity contribution in [3.8, 4) is 11.5 Å². The average Bonchev–Trinajstić information content (AvgIpc) is 2.74. The van der Waals surface area contributed by atoms with E-state index in [0.717, 1.165) is 41.4 Å². The van der Waals surface area contributed by atoms with Crippen LogP contribution in [0.15, 0.2) is 70.4 Å². The minimum Gasteiger partial charge on any atom is -0.497 e. The summed E-state index contributed by atoms with van der Waals surface area (Å²) in [4.78, 5) is 7.00. The van der Waals surface area contributed by atoms with Crippen LogP contribution in [0, 0.1) is 0 Å². The molecule has 0 saturated carbocycles. The molecule has 2 aromatic rings. The van der Waals surface area contributed by atoms with Gasteiger partial charge >= 0.3 is 0 Å². The molecule has 2 aliphatic rings.